The molecular formula is C45H55N7O6. The summed E-state index contributed by atoms with van der Waals surface area (Å²) in [6, 6.07) is 15.3. The zero-order chi connectivity index (χ0) is 40.9. The van der Waals surface area contributed by atoms with E-state index >= 15 is 0 Å². The molecule has 58 heavy (non-hydrogen) atoms. The number of imidazole rings is 1. The number of carbonyl (C=O) groups is 4. The Bertz CT molecular complexity index is 2130. The molecule has 2 aliphatic carbocycles. The Morgan fingerprint density at radius 2 is 1.17 bits per heavy atom. The van der Waals surface area contributed by atoms with Gasteiger partial charge in [-0.2, -0.15) is 0 Å². The van der Waals surface area contributed by atoms with Gasteiger partial charge in [0.1, 0.15) is 17.9 Å². The summed E-state index contributed by atoms with van der Waals surface area (Å²) in [7, 11) is 2.62. The van der Waals surface area contributed by atoms with Crippen LogP contribution >= 0.6 is 0 Å². The van der Waals surface area contributed by atoms with Crippen LogP contribution in [0.4, 0.5) is 9.59 Å². The van der Waals surface area contributed by atoms with E-state index in [4.69, 9.17) is 19.5 Å². The number of methoxy groups -OCH3 is 2. The van der Waals surface area contributed by atoms with Crippen molar-refractivity contribution in [1.82, 2.24) is 30.4 Å². The fourth-order valence-corrected chi connectivity index (χ4v) is 9.15. The van der Waals surface area contributed by atoms with E-state index in [1.807, 2.05) is 49.9 Å². The number of nitrogens with one attached hydrogen (secondary N) is 3. The number of carbonyl (C=O) groups excluding carboxylic acids is 4. The third-order valence-corrected chi connectivity index (χ3v) is 13.1. The maximum atomic E-state index is 13.9. The quantitative estimate of drug-likeness (QED) is 0.187. The zero-order valence-corrected chi connectivity index (χ0v) is 34.3. The first-order chi connectivity index (χ1) is 27.8. The fourth-order valence-electron chi connectivity index (χ4n) is 9.15. The van der Waals surface area contributed by atoms with E-state index in [0.717, 1.165) is 83.6 Å². The predicted octanol–water partition coefficient (Wildman–Crippen LogP) is 7.13. The van der Waals surface area contributed by atoms with Crippen LogP contribution in [0.3, 0.4) is 0 Å². The van der Waals surface area contributed by atoms with Crippen LogP contribution in [0.15, 0.2) is 65.9 Å². The minimum atomic E-state index is -0.683. The van der Waals surface area contributed by atoms with Crippen molar-refractivity contribution in [2.24, 2.45) is 27.7 Å². The number of hydrogen-bond acceptors (Lipinski definition) is 8. The summed E-state index contributed by atoms with van der Waals surface area (Å²) in [5.41, 5.74) is 7.57. The summed E-state index contributed by atoms with van der Waals surface area (Å²) in [6.45, 7) is 9.08. The van der Waals surface area contributed by atoms with Gasteiger partial charge in [-0.3, -0.25) is 14.6 Å². The number of likely N-dealkylation sites (tertiary alicyclic amines) is 2. The minimum Gasteiger partial charge on any atom is -0.453 e. The predicted molar refractivity (Wildman–Crippen MR) is 220 cm³/mol. The number of aromatic amines is 1. The van der Waals surface area contributed by atoms with Crippen LogP contribution in [-0.4, -0.2) is 94.9 Å². The number of allylic oxidation sites excluding steroid dienone is 1. The average molecular weight is 790 g/mol. The van der Waals surface area contributed by atoms with Crippen molar-refractivity contribution >= 4 is 35.3 Å². The second kappa shape index (κ2) is 15.4. The molecule has 1 aromatic heterocycles. The van der Waals surface area contributed by atoms with Crippen LogP contribution in [0.25, 0.3) is 28.0 Å². The van der Waals surface area contributed by atoms with E-state index in [-0.39, 0.29) is 46.6 Å². The fraction of sp³-hybridized carbons (Fsp3) is 0.511. The number of benzene rings is 2. The van der Waals surface area contributed by atoms with Gasteiger partial charge in [0.25, 0.3) is 0 Å². The first-order valence-electron chi connectivity index (χ1n) is 20.6. The Hall–Kier alpha value is -5.46. The molecule has 3 aliphatic heterocycles. The van der Waals surface area contributed by atoms with Crippen molar-refractivity contribution in [3.63, 3.8) is 0 Å². The number of aliphatic imine (C=N–C) groups is 1. The molecular weight excluding hydrogens is 735 g/mol. The van der Waals surface area contributed by atoms with Crippen molar-refractivity contribution in [2.45, 2.75) is 96.8 Å². The van der Waals surface area contributed by atoms with Gasteiger partial charge in [0.15, 0.2) is 0 Å². The standard InChI is InChI=1S/C45H55N7O6/c1-26(2)37(49-42(55)57-5)40(53)51-24-44(15-16-44)20-35(51)33-19-32(22-46-33)30-9-7-28(8-10-30)29-11-13-31(14-12-29)34-23-47-39(48-34)36-21-45(17-18-45)25-52(36)41(54)38(27(3)4)50-43(56)58-6/h7-14,22-23,26-27,35-38H,15-21,24-25H2,1-6H3,(H,47,48)(H,49,55)(H,50,56)/t35-,36-,37-,38-/m0/s1. The summed E-state index contributed by atoms with van der Waals surface area (Å²) >= 11 is 0. The largest absolute Gasteiger partial charge is 0.453 e. The normalized spacial score (nSPS) is 22.2. The molecule has 2 spiro atoms. The summed E-state index contributed by atoms with van der Waals surface area (Å²) in [4.78, 5) is 69.0. The molecule has 0 radical (unpaired) electrons. The lowest BCUT2D eigenvalue weighted by atomic mass is 9.94. The molecule has 13 nitrogen and oxygen atoms in total. The van der Waals surface area contributed by atoms with E-state index in [9.17, 15) is 19.2 Å². The maximum absolute atomic E-state index is 13.9. The summed E-state index contributed by atoms with van der Waals surface area (Å²) < 4.78 is 9.64. The van der Waals surface area contributed by atoms with Gasteiger partial charge in [-0.05, 0) is 89.0 Å². The lowest BCUT2D eigenvalue weighted by molar-refractivity contribution is -0.136. The lowest BCUT2D eigenvalue weighted by Crippen LogP contribution is -2.53. The molecule has 8 rings (SSSR count). The van der Waals surface area contributed by atoms with Gasteiger partial charge in [0, 0.05) is 31.4 Å². The van der Waals surface area contributed by atoms with Gasteiger partial charge in [-0.1, -0.05) is 76.2 Å². The topological polar surface area (TPSA) is 158 Å². The molecule has 5 aliphatic rings. The number of ether oxygens (including phenoxy) is 2. The number of hydrogen-bond donors (Lipinski definition) is 3. The van der Waals surface area contributed by atoms with E-state index in [0.29, 0.717) is 19.5 Å². The van der Waals surface area contributed by atoms with Crippen molar-refractivity contribution in [1.29, 1.82) is 0 Å². The number of rotatable bonds is 11. The Morgan fingerprint density at radius 1 is 0.707 bits per heavy atom. The smallest absolute Gasteiger partial charge is 0.407 e. The molecule has 13 heteroatoms. The second-order valence-corrected chi connectivity index (χ2v) is 17.9. The molecule has 4 fully saturated rings. The number of aromatic nitrogens is 2. The zero-order valence-electron chi connectivity index (χ0n) is 34.3. The van der Waals surface area contributed by atoms with Gasteiger partial charge in [0.2, 0.25) is 11.8 Å². The van der Waals surface area contributed by atoms with Gasteiger partial charge in [0.05, 0.1) is 38.2 Å². The number of nitrogens with zero attached hydrogens (tertiary/aromatic N) is 4. The first-order valence-corrected chi connectivity index (χ1v) is 20.6. The van der Waals surface area contributed by atoms with Crippen LogP contribution in [0.1, 0.15) is 90.1 Å². The molecule has 306 valence electrons. The molecule has 0 bridgehead atoms. The Balaban J connectivity index is 0.915. The average Bonchev–Trinajstić information content (AvgIpc) is 3.80. The van der Waals surface area contributed by atoms with Crippen LogP contribution in [0, 0.1) is 22.7 Å². The van der Waals surface area contributed by atoms with Crippen molar-refractivity contribution in [3.8, 4) is 22.4 Å². The Labute approximate surface area is 340 Å². The highest BCUT2D eigenvalue weighted by Crippen LogP contribution is 2.58. The molecule has 4 amide bonds. The molecule has 0 unspecified atom stereocenters. The number of H-pyrrole nitrogens is 1. The molecule has 4 heterocycles. The van der Waals surface area contributed by atoms with E-state index in [2.05, 4.69) is 64.1 Å². The number of alkyl carbamates (subject to hydrolysis) is 2. The first kappa shape index (κ1) is 39.4. The third-order valence-electron chi connectivity index (χ3n) is 13.1. The van der Waals surface area contributed by atoms with E-state index in [1.165, 1.54) is 14.2 Å². The molecule has 2 aromatic carbocycles. The summed E-state index contributed by atoms with van der Waals surface area (Å²) in [6.07, 6.45) is 9.41. The van der Waals surface area contributed by atoms with Crippen molar-refractivity contribution < 1.29 is 28.7 Å². The highest BCUT2D eigenvalue weighted by Gasteiger charge is 2.56. The summed E-state index contributed by atoms with van der Waals surface area (Å²) in [5.74, 6) is 0.398. The van der Waals surface area contributed by atoms with E-state index < -0.39 is 24.3 Å². The maximum Gasteiger partial charge on any atom is 0.407 e. The van der Waals surface area contributed by atoms with Crippen LogP contribution in [-0.2, 0) is 19.1 Å². The molecule has 4 atom stereocenters. The SMILES string of the molecule is COC(=O)N[C@H](C(=O)N1CC2(CC2)C[C@H]1C1=NC=C(c2ccc(-c3ccc(-c4cnc([C@@H]5CC6(CC6)CN5C(=O)[C@@H](NC(=O)OC)C(C)C)[nH]4)cc3)cc2)C1)C(C)C. The van der Waals surface area contributed by atoms with Gasteiger partial charge in [-0.15, -0.1) is 0 Å². The number of amides is 4. The second-order valence-electron chi connectivity index (χ2n) is 17.9. The minimum absolute atomic E-state index is 0.0706. The molecule has 2 saturated carbocycles. The molecule has 2 saturated heterocycles. The molecule has 3 aromatic rings. The van der Waals surface area contributed by atoms with Crippen LogP contribution in [0.2, 0.25) is 0 Å². The van der Waals surface area contributed by atoms with E-state index in [1.54, 1.807) is 0 Å². The van der Waals surface area contributed by atoms with Crippen LogP contribution in [0.5, 0.6) is 0 Å². The van der Waals surface area contributed by atoms with Gasteiger partial charge in [-0.25, -0.2) is 14.6 Å². The Kier molecular flexibility index (Phi) is 10.4. The Morgan fingerprint density at radius 3 is 1.66 bits per heavy atom. The van der Waals surface area contributed by atoms with Gasteiger partial charge < -0.3 is 34.9 Å². The van der Waals surface area contributed by atoms with Crippen molar-refractivity contribution in [3.05, 3.63) is 72.3 Å². The monoisotopic (exact) mass is 789 g/mol. The highest BCUT2D eigenvalue weighted by atomic mass is 16.5. The van der Waals surface area contributed by atoms with Crippen LogP contribution < -0.4 is 10.6 Å². The third kappa shape index (κ3) is 7.75. The highest BCUT2D eigenvalue weighted by molar-refractivity contribution is 6.04. The van der Waals surface area contributed by atoms with Crippen molar-refractivity contribution in [2.75, 3.05) is 27.3 Å². The lowest BCUT2D eigenvalue weighted by Gasteiger charge is -2.31. The van der Waals surface area contributed by atoms with Gasteiger partial charge >= 0.3 is 12.2 Å². The summed E-state index contributed by atoms with van der Waals surface area (Å²) in [5, 5.41) is 5.51. The molecule has 3 N–H and O–H groups in total.